The largest absolute Gasteiger partial charge is 0.490 e. The van der Waals surface area contributed by atoms with Crippen molar-refractivity contribution in [2.45, 2.75) is 50.1 Å². The molecule has 31 heavy (non-hydrogen) atoms. The molecule has 3 fully saturated rings. The van der Waals surface area contributed by atoms with E-state index in [2.05, 4.69) is 4.90 Å². The van der Waals surface area contributed by atoms with Crippen LogP contribution in [0, 0.1) is 0 Å². The molecule has 0 aromatic carbocycles. The molecule has 4 rings (SSSR count). The number of carboxylic acid groups (broad SMARTS) is 1. The second-order valence-corrected chi connectivity index (χ2v) is 7.72. The van der Waals surface area contributed by atoms with E-state index in [1.807, 2.05) is 4.90 Å². The number of carbonyl (C=O) groups excluding carboxylic acids is 1. The first-order valence-corrected chi connectivity index (χ1v) is 10.4. The fourth-order valence-electron chi connectivity index (χ4n) is 4.23. The monoisotopic (exact) mass is 448 g/mol. The highest BCUT2D eigenvalue weighted by Crippen LogP contribution is 2.33. The Morgan fingerprint density at radius 2 is 1.90 bits per heavy atom. The molecule has 3 aliphatic rings. The molecule has 2 saturated heterocycles. The van der Waals surface area contributed by atoms with E-state index in [4.69, 9.17) is 23.8 Å². The fraction of sp³-hybridized carbons (Fsp3) is 0.700. The van der Waals surface area contributed by atoms with Crippen LogP contribution < -0.4 is 0 Å². The Balaban J connectivity index is 0.000000339. The Hall–Kier alpha value is -2.11. The number of fused-ring (bicyclic) bond motifs is 1. The first-order valence-electron chi connectivity index (χ1n) is 10.4. The Kier molecular flexibility index (Phi) is 7.95. The first kappa shape index (κ1) is 23.6. The van der Waals surface area contributed by atoms with Gasteiger partial charge in [-0.1, -0.05) is 0 Å². The van der Waals surface area contributed by atoms with Crippen molar-refractivity contribution >= 4 is 11.9 Å². The molecule has 3 atom stereocenters. The zero-order valence-electron chi connectivity index (χ0n) is 17.1. The van der Waals surface area contributed by atoms with Gasteiger partial charge in [-0.15, -0.1) is 0 Å². The minimum atomic E-state index is -5.08. The molecule has 1 N–H and O–H groups in total. The standard InChI is InChI=1S/C18H26N2O4.C2HF3O2/c21-18(16-4-3-11-22-16)20-10-13-24-17-14(20)5-6-15(17)23-12-9-19-7-1-2-8-19;3-2(4,5)1(6)7/h3-4,11,14-15,17H,1-2,5-10,12-13H2;(H,6,7)/t14-,15+,17+;/m0./s1. The highest BCUT2D eigenvalue weighted by molar-refractivity contribution is 5.91. The van der Waals surface area contributed by atoms with E-state index in [9.17, 15) is 18.0 Å². The minimum Gasteiger partial charge on any atom is -0.475 e. The van der Waals surface area contributed by atoms with Gasteiger partial charge in [0.25, 0.3) is 5.91 Å². The van der Waals surface area contributed by atoms with Crippen molar-refractivity contribution < 1.29 is 41.8 Å². The summed E-state index contributed by atoms with van der Waals surface area (Å²) in [5.74, 6) is -2.38. The molecule has 1 aromatic heterocycles. The number of carboxylic acids is 1. The molecule has 0 unspecified atom stereocenters. The van der Waals surface area contributed by atoms with E-state index >= 15 is 0 Å². The predicted molar refractivity (Wildman–Crippen MR) is 102 cm³/mol. The molecule has 1 aromatic rings. The lowest BCUT2D eigenvalue weighted by Gasteiger charge is -2.38. The van der Waals surface area contributed by atoms with E-state index in [0.717, 1.165) is 26.0 Å². The van der Waals surface area contributed by atoms with Crippen molar-refractivity contribution in [1.82, 2.24) is 9.80 Å². The molecule has 0 bridgehead atoms. The SMILES string of the molecule is O=C(O)C(F)(F)F.O=C(c1ccco1)N1CCO[C@H]2[C@H](OCCN3CCCC3)CC[C@@H]21. The number of hydrogen-bond donors (Lipinski definition) is 1. The van der Waals surface area contributed by atoms with Gasteiger partial charge in [-0.05, 0) is 50.9 Å². The van der Waals surface area contributed by atoms with Crippen LogP contribution in [0.3, 0.4) is 0 Å². The minimum absolute atomic E-state index is 0.00348. The smallest absolute Gasteiger partial charge is 0.475 e. The number of alkyl halides is 3. The number of aliphatic carboxylic acids is 1. The zero-order chi connectivity index (χ0) is 22.4. The molecule has 1 amide bonds. The molecule has 1 saturated carbocycles. The summed E-state index contributed by atoms with van der Waals surface area (Å²) in [7, 11) is 0. The highest BCUT2D eigenvalue weighted by Gasteiger charge is 2.45. The number of likely N-dealkylation sites (tertiary alicyclic amines) is 1. The maximum atomic E-state index is 12.6. The lowest BCUT2D eigenvalue weighted by Crippen LogP contribution is -2.54. The van der Waals surface area contributed by atoms with Crippen molar-refractivity contribution in [1.29, 1.82) is 0 Å². The van der Waals surface area contributed by atoms with Gasteiger partial charge in [-0.3, -0.25) is 4.79 Å². The van der Waals surface area contributed by atoms with E-state index in [1.54, 1.807) is 18.4 Å². The number of hydrogen-bond acceptors (Lipinski definition) is 6. The quantitative estimate of drug-likeness (QED) is 0.740. The maximum Gasteiger partial charge on any atom is 0.490 e. The third-order valence-corrected chi connectivity index (χ3v) is 5.71. The molecule has 0 radical (unpaired) electrons. The second-order valence-electron chi connectivity index (χ2n) is 7.72. The summed E-state index contributed by atoms with van der Waals surface area (Å²) < 4.78 is 49.1. The number of nitrogens with zero attached hydrogens (tertiary/aromatic N) is 2. The second kappa shape index (κ2) is 10.5. The molecule has 3 heterocycles. The normalized spacial score (nSPS) is 26.3. The summed E-state index contributed by atoms with van der Waals surface area (Å²) in [6.07, 6.45) is 1.07. The van der Waals surface area contributed by atoms with E-state index in [1.165, 1.54) is 25.9 Å². The van der Waals surface area contributed by atoms with Gasteiger partial charge in [0.05, 0.1) is 31.6 Å². The van der Waals surface area contributed by atoms with E-state index in [-0.39, 0.29) is 24.2 Å². The Morgan fingerprint density at radius 1 is 1.19 bits per heavy atom. The van der Waals surface area contributed by atoms with Gasteiger partial charge in [0.1, 0.15) is 6.10 Å². The summed E-state index contributed by atoms with van der Waals surface area (Å²) in [5, 5.41) is 7.12. The Morgan fingerprint density at radius 3 is 2.52 bits per heavy atom. The third kappa shape index (κ3) is 6.20. The van der Waals surface area contributed by atoms with Crippen LogP contribution in [0.5, 0.6) is 0 Å². The van der Waals surface area contributed by atoms with Crippen molar-refractivity contribution in [3.05, 3.63) is 24.2 Å². The number of ether oxygens (including phenoxy) is 2. The van der Waals surface area contributed by atoms with Gasteiger partial charge < -0.3 is 28.8 Å². The summed E-state index contributed by atoms with van der Waals surface area (Å²) in [6.45, 7) is 5.34. The molecular weight excluding hydrogens is 421 g/mol. The van der Waals surface area contributed by atoms with Crippen molar-refractivity contribution in [3.8, 4) is 0 Å². The zero-order valence-corrected chi connectivity index (χ0v) is 17.1. The Bertz CT molecular complexity index is 721. The molecule has 174 valence electrons. The highest BCUT2D eigenvalue weighted by atomic mass is 19.4. The third-order valence-electron chi connectivity index (χ3n) is 5.71. The predicted octanol–water partition coefficient (Wildman–Crippen LogP) is 2.40. The molecule has 8 nitrogen and oxygen atoms in total. The lowest BCUT2D eigenvalue weighted by atomic mass is 10.1. The summed E-state index contributed by atoms with van der Waals surface area (Å²) in [4.78, 5) is 25.9. The topological polar surface area (TPSA) is 92.4 Å². The number of halogens is 3. The van der Waals surface area contributed by atoms with Crippen molar-refractivity contribution in [2.75, 3.05) is 39.4 Å². The number of morpholine rings is 1. The number of carbonyl (C=O) groups is 2. The molecule has 11 heteroatoms. The van der Waals surface area contributed by atoms with Gasteiger partial charge in [0.15, 0.2) is 5.76 Å². The average Bonchev–Trinajstić information content (AvgIpc) is 3.49. The van der Waals surface area contributed by atoms with Gasteiger partial charge in [-0.25, -0.2) is 4.79 Å². The van der Waals surface area contributed by atoms with Crippen LogP contribution in [-0.2, 0) is 14.3 Å². The van der Waals surface area contributed by atoms with Crippen LogP contribution in [0.4, 0.5) is 13.2 Å². The average molecular weight is 448 g/mol. The molecule has 0 spiro atoms. The van der Waals surface area contributed by atoms with Gasteiger partial charge in [-0.2, -0.15) is 13.2 Å². The van der Waals surface area contributed by atoms with Gasteiger partial charge >= 0.3 is 12.1 Å². The Labute approximate surface area is 177 Å². The fourth-order valence-corrected chi connectivity index (χ4v) is 4.23. The molecule has 1 aliphatic carbocycles. The summed E-state index contributed by atoms with van der Waals surface area (Å²) >= 11 is 0. The first-order chi connectivity index (χ1) is 14.8. The molecule has 2 aliphatic heterocycles. The van der Waals surface area contributed by atoms with Gasteiger partial charge in [0.2, 0.25) is 0 Å². The number of furan rings is 1. The van der Waals surface area contributed by atoms with Crippen LogP contribution in [0.2, 0.25) is 0 Å². The van der Waals surface area contributed by atoms with Gasteiger partial charge in [0, 0.05) is 13.1 Å². The van der Waals surface area contributed by atoms with Crippen LogP contribution in [0.15, 0.2) is 22.8 Å². The van der Waals surface area contributed by atoms with Crippen LogP contribution >= 0.6 is 0 Å². The van der Waals surface area contributed by atoms with Crippen LogP contribution in [-0.4, -0.2) is 90.6 Å². The van der Waals surface area contributed by atoms with Crippen molar-refractivity contribution in [3.63, 3.8) is 0 Å². The lowest BCUT2D eigenvalue weighted by molar-refractivity contribution is -0.192. The molecular formula is C20H27F3N2O6. The summed E-state index contributed by atoms with van der Waals surface area (Å²) in [5.41, 5.74) is 0. The number of rotatable bonds is 5. The van der Waals surface area contributed by atoms with Crippen molar-refractivity contribution in [2.24, 2.45) is 0 Å². The number of amides is 1. The van der Waals surface area contributed by atoms with E-state index in [0.29, 0.717) is 18.9 Å². The summed E-state index contributed by atoms with van der Waals surface area (Å²) in [6, 6.07) is 3.59. The maximum absolute atomic E-state index is 12.6. The van der Waals surface area contributed by atoms with Crippen LogP contribution in [0.1, 0.15) is 36.2 Å². The van der Waals surface area contributed by atoms with E-state index < -0.39 is 12.1 Å². The van der Waals surface area contributed by atoms with Crippen LogP contribution in [0.25, 0.3) is 0 Å².